The number of piperidine rings is 1. The number of rotatable bonds is 5. The SMILES string of the molecule is CCN(CC)C1CCN(Cc2ccc(C(C)(C)C)cc2)CC1. The molecule has 1 saturated heterocycles. The molecule has 0 aromatic heterocycles. The quantitative estimate of drug-likeness (QED) is 0.800. The second kappa shape index (κ2) is 7.61. The predicted molar refractivity (Wildman–Crippen MR) is 96.4 cm³/mol. The van der Waals surface area contributed by atoms with Crippen LogP contribution in [0.2, 0.25) is 0 Å². The van der Waals surface area contributed by atoms with Gasteiger partial charge in [0.05, 0.1) is 0 Å². The summed E-state index contributed by atoms with van der Waals surface area (Å²) < 4.78 is 0. The van der Waals surface area contributed by atoms with Crippen LogP contribution < -0.4 is 0 Å². The van der Waals surface area contributed by atoms with Gasteiger partial charge in [-0.2, -0.15) is 0 Å². The van der Waals surface area contributed by atoms with E-state index in [1.54, 1.807) is 0 Å². The Morgan fingerprint density at radius 3 is 2.00 bits per heavy atom. The van der Waals surface area contributed by atoms with E-state index >= 15 is 0 Å². The highest BCUT2D eigenvalue weighted by Crippen LogP contribution is 2.23. The number of nitrogens with zero attached hydrogens (tertiary/aromatic N) is 2. The van der Waals surface area contributed by atoms with Crippen molar-refractivity contribution in [3.63, 3.8) is 0 Å². The van der Waals surface area contributed by atoms with Gasteiger partial charge in [-0.05, 0) is 55.6 Å². The highest BCUT2D eigenvalue weighted by Gasteiger charge is 2.22. The Labute approximate surface area is 137 Å². The lowest BCUT2D eigenvalue weighted by atomic mass is 9.86. The molecule has 1 fully saturated rings. The van der Waals surface area contributed by atoms with E-state index in [2.05, 4.69) is 68.7 Å². The largest absolute Gasteiger partial charge is 0.301 e. The summed E-state index contributed by atoms with van der Waals surface area (Å²) in [5, 5.41) is 0. The smallest absolute Gasteiger partial charge is 0.0233 e. The van der Waals surface area contributed by atoms with Crippen LogP contribution in [0.5, 0.6) is 0 Å². The predicted octanol–water partition coefficient (Wildman–Crippen LogP) is 4.29. The van der Waals surface area contributed by atoms with Crippen LogP contribution in [0.4, 0.5) is 0 Å². The molecule has 0 spiro atoms. The Bertz CT molecular complexity index is 432. The number of hydrogen-bond acceptors (Lipinski definition) is 2. The van der Waals surface area contributed by atoms with Gasteiger partial charge in [-0.25, -0.2) is 0 Å². The first-order chi connectivity index (χ1) is 10.4. The lowest BCUT2D eigenvalue weighted by Crippen LogP contribution is -2.44. The normalized spacial score (nSPS) is 18.1. The van der Waals surface area contributed by atoms with Gasteiger partial charge in [0.2, 0.25) is 0 Å². The Kier molecular flexibility index (Phi) is 6.05. The second-order valence-corrected chi connectivity index (χ2v) is 7.68. The molecule has 124 valence electrons. The minimum atomic E-state index is 0.251. The number of benzene rings is 1. The molecule has 22 heavy (non-hydrogen) atoms. The third kappa shape index (κ3) is 4.57. The molecule has 1 aliphatic rings. The summed E-state index contributed by atoms with van der Waals surface area (Å²) >= 11 is 0. The summed E-state index contributed by atoms with van der Waals surface area (Å²) in [5.74, 6) is 0. The fourth-order valence-electron chi connectivity index (χ4n) is 3.55. The maximum atomic E-state index is 2.62. The molecular weight excluding hydrogens is 268 g/mol. The molecule has 2 nitrogen and oxygen atoms in total. The first-order valence-corrected chi connectivity index (χ1v) is 8.99. The van der Waals surface area contributed by atoms with Crippen LogP contribution in [0.3, 0.4) is 0 Å². The zero-order valence-electron chi connectivity index (χ0n) is 15.2. The van der Waals surface area contributed by atoms with Gasteiger partial charge in [-0.3, -0.25) is 4.90 Å². The molecule has 1 aliphatic heterocycles. The molecule has 0 aliphatic carbocycles. The molecule has 0 atom stereocenters. The van der Waals surface area contributed by atoms with Gasteiger partial charge in [-0.1, -0.05) is 58.9 Å². The summed E-state index contributed by atoms with van der Waals surface area (Å²) in [4.78, 5) is 5.24. The number of likely N-dealkylation sites (tertiary alicyclic amines) is 1. The highest BCUT2D eigenvalue weighted by atomic mass is 15.2. The maximum absolute atomic E-state index is 2.62. The molecule has 0 radical (unpaired) electrons. The third-order valence-electron chi connectivity index (χ3n) is 5.11. The molecule has 0 saturated carbocycles. The standard InChI is InChI=1S/C20H34N2/c1-6-22(7-2)19-12-14-21(15-13-19)16-17-8-10-18(11-9-17)20(3,4)5/h8-11,19H,6-7,12-16H2,1-5H3. The van der Waals surface area contributed by atoms with Gasteiger partial charge in [-0.15, -0.1) is 0 Å². The zero-order chi connectivity index (χ0) is 16.2. The maximum Gasteiger partial charge on any atom is 0.0233 e. The molecule has 1 heterocycles. The average Bonchev–Trinajstić information content (AvgIpc) is 2.50. The third-order valence-corrected chi connectivity index (χ3v) is 5.11. The molecule has 1 aromatic rings. The Hall–Kier alpha value is -0.860. The monoisotopic (exact) mass is 302 g/mol. The lowest BCUT2D eigenvalue weighted by Gasteiger charge is -2.37. The zero-order valence-corrected chi connectivity index (χ0v) is 15.2. The fraction of sp³-hybridized carbons (Fsp3) is 0.700. The summed E-state index contributed by atoms with van der Waals surface area (Å²) in [6.07, 6.45) is 2.64. The van der Waals surface area contributed by atoms with Crippen molar-refractivity contribution in [2.75, 3.05) is 26.2 Å². The molecule has 0 bridgehead atoms. The molecule has 0 unspecified atom stereocenters. The van der Waals surface area contributed by atoms with Crippen molar-refractivity contribution in [2.45, 2.75) is 65.5 Å². The van der Waals surface area contributed by atoms with Crippen LogP contribution in [0.1, 0.15) is 58.6 Å². The van der Waals surface area contributed by atoms with E-state index in [-0.39, 0.29) is 5.41 Å². The summed E-state index contributed by atoms with van der Waals surface area (Å²) in [7, 11) is 0. The van der Waals surface area contributed by atoms with E-state index in [0.717, 1.165) is 12.6 Å². The minimum Gasteiger partial charge on any atom is -0.301 e. The van der Waals surface area contributed by atoms with Crippen LogP contribution in [0, 0.1) is 0 Å². The van der Waals surface area contributed by atoms with Crippen LogP contribution in [0.15, 0.2) is 24.3 Å². The minimum absolute atomic E-state index is 0.251. The van der Waals surface area contributed by atoms with Crippen LogP contribution in [-0.4, -0.2) is 42.0 Å². The molecule has 2 rings (SSSR count). The summed E-state index contributed by atoms with van der Waals surface area (Å²) in [6.45, 7) is 17.4. The topological polar surface area (TPSA) is 6.48 Å². The molecule has 2 heteroatoms. The molecule has 0 amide bonds. The van der Waals surface area contributed by atoms with Crippen molar-refractivity contribution in [1.82, 2.24) is 9.80 Å². The van der Waals surface area contributed by atoms with Crippen molar-refractivity contribution < 1.29 is 0 Å². The van der Waals surface area contributed by atoms with Crippen LogP contribution >= 0.6 is 0 Å². The van der Waals surface area contributed by atoms with E-state index in [0.29, 0.717) is 0 Å². The molecule has 1 aromatic carbocycles. The van der Waals surface area contributed by atoms with Gasteiger partial charge < -0.3 is 4.90 Å². The van der Waals surface area contributed by atoms with Crippen molar-refractivity contribution >= 4 is 0 Å². The van der Waals surface area contributed by atoms with Crippen molar-refractivity contribution in [3.05, 3.63) is 35.4 Å². The molecule has 0 N–H and O–H groups in total. The van der Waals surface area contributed by atoms with E-state index in [1.807, 2.05) is 0 Å². The van der Waals surface area contributed by atoms with Crippen molar-refractivity contribution in [1.29, 1.82) is 0 Å². The lowest BCUT2D eigenvalue weighted by molar-refractivity contribution is 0.113. The van der Waals surface area contributed by atoms with Gasteiger partial charge in [0.1, 0.15) is 0 Å². The molecular formula is C20H34N2. The average molecular weight is 303 g/mol. The van der Waals surface area contributed by atoms with Crippen molar-refractivity contribution in [2.24, 2.45) is 0 Å². The van der Waals surface area contributed by atoms with Gasteiger partial charge in [0, 0.05) is 12.6 Å². The summed E-state index contributed by atoms with van der Waals surface area (Å²) in [6, 6.07) is 10.0. The Morgan fingerprint density at radius 1 is 1.00 bits per heavy atom. The van der Waals surface area contributed by atoms with Crippen molar-refractivity contribution in [3.8, 4) is 0 Å². The van der Waals surface area contributed by atoms with E-state index in [1.165, 1.54) is 50.1 Å². The number of hydrogen-bond donors (Lipinski definition) is 0. The second-order valence-electron chi connectivity index (χ2n) is 7.68. The highest BCUT2D eigenvalue weighted by molar-refractivity contribution is 5.27. The Balaban J connectivity index is 1.86. The Morgan fingerprint density at radius 2 is 1.55 bits per heavy atom. The first kappa shape index (κ1) is 17.5. The summed E-state index contributed by atoms with van der Waals surface area (Å²) in [5.41, 5.74) is 3.13. The van der Waals surface area contributed by atoms with Gasteiger partial charge >= 0.3 is 0 Å². The van der Waals surface area contributed by atoms with Crippen LogP contribution in [-0.2, 0) is 12.0 Å². The fourth-order valence-corrected chi connectivity index (χ4v) is 3.55. The van der Waals surface area contributed by atoms with E-state index in [4.69, 9.17) is 0 Å². The van der Waals surface area contributed by atoms with E-state index in [9.17, 15) is 0 Å². The van der Waals surface area contributed by atoms with Gasteiger partial charge in [0.25, 0.3) is 0 Å². The van der Waals surface area contributed by atoms with E-state index < -0.39 is 0 Å². The van der Waals surface area contributed by atoms with Crippen LogP contribution in [0.25, 0.3) is 0 Å². The first-order valence-electron chi connectivity index (χ1n) is 8.99. The van der Waals surface area contributed by atoms with Gasteiger partial charge in [0.15, 0.2) is 0 Å².